The highest BCUT2D eigenvalue weighted by Crippen LogP contribution is 2.28. The summed E-state index contributed by atoms with van der Waals surface area (Å²) in [6, 6.07) is 5.29. The summed E-state index contributed by atoms with van der Waals surface area (Å²) >= 11 is 3.10. The zero-order chi connectivity index (χ0) is 16.5. The van der Waals surface area contributed by atoms with Crippen LogP contribution < -0.4 is 5.56 Å². The van der Waals surface area contributed by atoms with Crippen LogP contribution in [0.5, 0.6) is 0 Å². The summed E-state index contributed by atoms with van der Waals surface area (Å²) in [7, 11) is 0. The molecule has 0 saturated heterocycles. The van der Waals surface area contributed by atoms with Crippen LogP contribution in [0.2, 0.25) is 0 Å². The molecule has 0 unspecified atom stereocenters. The number of carbonyl (C=O) groups excluding carboxylic acids is 1. The van der Waals surface area contributed by atoms with Crippen LogP contribution >= 0.6 is 22.7 Å². The zero-order valence-electron chi connectivity index (χ0n) is 13.0. The second-order valence-corrected chi connectivity index (χ2v) is 7.89. The van der Waals surface area contributed by atoms with Gasteiger partial charge in [0.2, 0.25) is 0 Å². The van der Waals surface area contributed by atoms with Crippen molar-refractivity contribution >= 4 is 33.6 Å². The van der Waals surface area contributed by atoms with Gasteiger partial charge in [-0.3, -0.25) is 14.0 Å². The van der Waals surface area contributed by atoms with Gasteiger partial charge in [0, 0.05) is 21.5 Å². The van der Waals surface area contributed by atoms with Crippen LogP contribution in [0, 0.1) is 0 Å². The fourth-order valence-electron chi connectivity index (χ4n) is 2.98. The topological polar surface area (TPSA) is 60.7 Å². The number of aromatic nitrogens is 2. The van der Waals surface area contributed by atoms with Gasteiger partial charge in [0.25, 0.3) is 5.56 Å². The van der Waals surface area contributed by atoms with E-state index in [2.05, 4.69) is 4.98 Å². The molecule has 1 aliphatic carbocycles. The van der Waals surface area contributed by atoms with E-state index in [4.69, 9.17) is 4.74 Å². The number of hydrogen-bond donors (Lipinski definition) is 0. The van der Waals surface area contributed by atoms with Crippen LogP contribution in [0.15, 0.2) is 28.4 Å². The Morgan fingerprint density at radius 3 is 3.04 bits per heavy atom. The maximum Gasteiger partial charge on any atom is 0.311 e. The number of hydrogen-bond acceptors (Lipinski definition) is 6. The van der Waals surface area contributed by atoms with Crippen LogP contribution in [-0.4, -0.2) is 15.4 Å². The molecule has 3 heterocycles. The molecule has 7 heteroatoms. The molecule has 0 atom stereocenters. The number of rotatable bonds is 4. The number of thiazole rings is 1. The summed E-state index contributed by atoms with van der Waals surface area (Å²) in [5.41, 5.74) is 1.54. The third-order valence-electron chi connectivity index (χ3n) is 4.09. The lowest BCUT2D eigenvalue weighted by molar-refractivity contribution is -0.144. The Hall–Kier alpha value is -1.99. The van der Waals surface area contributed by atoms with Crippen LogP contribution in [0.4, 0.5) is 0 Å². The first-order chi connectivity index (χ1) is 11.7. The molecule has 4 rings (SSSR count). The van der Waals surface area contributed by atoms with Crippen molar-refractivity contribution in [3.63, 3.8) is 0 Å². The van der Waals surface area contributed by atoms with Gasteiger partial charge in [0.1, 0.15) is 6.61 Å². The van der Waals surface area contributed by atoms with E-state index in [1.165, 1.54) is 28.7 Å². The van der Waals surface area contributed by atoms with Crippen molar-refractivity contribution in [2.24, 2.45) is 0 Å². The van der Waals surface area contributed by atoms with Gasteiger partial charge in [-0.1, -0.05) is 6.07 Å². The van der Waals surface area contributed by atoms with Crippen LogP contribution in [0.1, 0.15) is 34.0 Å². The molecule has 0 aliphatic heterocycles. The van der Waals surface area contributed by atoms with E-state index in [0.717, 1.165) is 29.8 Å². The molecule has 24 heavy (non-hydrogen) atoms. The number of nitrogens with zero attached hydrogens (tertiary/aromatic N) is 2. The number of esters is 1. The molecule has 0 radical (unpaired) electrons. The molecule has 0 fully saturated rings. The molecule has 3 aromatic rings. The van der Waals surface area contributed by atoms with E-state index in [1.54, 1.807) is 15.7 Å². The molecule has 0 amide bonds. The van der Waals surface area contributed by atoms with Gasteiger partial charge >= 0.3 is 5.97 Å². The Kier molecular flexibility index (Phi) is 4.20. The van der Waals surface area contributed by atoms with Crippen molar-refractivity contribution in [2.75, 3.05) is 0 Å². The van der Waals surface area contributed by atoms with E-state index in [9.17, 15) is 9.59 Å². The lowest BCUT2D eigenvalue weighted by Gasteiger charge is -2.10. The Balaban J connectivity index is 1.52. The fraction of sp³-hybridized carbons (Fsp3) is 0.353. The molecule has 0 saturated carbocycles. The van der Waals surface area contributed by atoms with E-state index >= 15 is 0 Å². The van der Waals surface area contributed by atoms with E-state index in [-0.39, 0.29) is 24.6 Å². The Morgan fingerprint density at radius 2 is 2.21 bits per heavy atom. The Labute approximate surface area is 146 Å². The monoisotopic (exact) mass is 360 g/mol. The minimum absolute atomic E-state index is 0.0402. The largest absolute Gasteiger partial charge is 0.459 e. The third-order valence-corrected chi connectivity index (χ3v) is 6.11. The molecule has 0 aromatic carbocycles. The normalized spacial score (nSPS) is 13.8. The van der Waals surface area contributed by atoms with Gasteiger partial charge in [-0.05, 0) is 37.1 Å². The van der Waals surface area contributed by atoms with Gasteiger partial charge < -0.3 is 4.74 Å². The summed E-state index contributed by atoms with van der Waals surface area (Å²) in [5, 5.41) is 1.93. The molecule has 3 aromatic heterocycles. The lowest BCUT2D eigenvalue weighted by atomic mass is 10.0. The van der Waals surface area contributed by atoms with Crippen molar-refractivity contribution in [2.45, 2.75) is 38.7 Å². The highest BCUT2D eigenvalue weighted by molar-refractivity contribution is 7.17. The van der Waals surface area contributed by atoms with Crippen molar-refractivity contribution in [3.8, 4) is 0 Å². The summed E-state index contributed by atoms with van der Waals surface area (Å²) < 4.78 is 6.99. The van der Waals surface area contributed by atoms with Crippen LogP contribution in [0.3, 0.4) is 0 Å². The molecule has 0 bridgehead atoms. The Morgan fingerprint density at radius 1 is 1.33 bits per heavy atom. The van der Waals surface area contributed by atoms with Gasteiger partial charge in [-0.15, -0.1) is 22.7 Å². The second kappa shape index (κ2) is 6.49. The molecule has 0 N–H and O–H groups in total. The van der Waals surface area contributed by atoms with Gasteiger partial charge in [0.15, 0.2) is 4.96 Å². The van der Waals surface area contributed by atoms with E-state index in [1.807, 2.05) is 17.5 Å². The summed E-state index contributed by atoms with van der Waals surface area (Å²) in [4.78, 5) is 31.7. The van der Waals surface area contributed by atoms with Gasteiger partial charge in [0.05, 0.1) is 12.1 Å². The first-order valence-electron chi connectivity index (χ1n) is 7.92. The molecule has 5 nitrogen and oxygen atoms in total. The third kappa shape index (κ3) is 3.01. The predicted octanol–water partition coefficient (Wildman–Crippen LogP) is 2.98. The number of thiophene rings is 1. The molecule has 1 aliphatic rings. The second-order valence-electron chi connectivity index (χ2n) is 5.80. The maximum atomic E-state index is 12.4. The molecular formula is C17H16N2O3S2. The molecule has 124 valence electrons. The highest BCUT2D eigenvalue weighted by atomic mass is 32.1. The SMILES string of the molecule is O=C(Cc1cccs1)OCc1cc(=O)n2c3c(sc2n1)CCCC3. The predicted molar refractivity (Wildman–Crippen MR) is 93.8 cm³/mol. The lowest BCUT2D eigenvalue weighted by Crippen LogP contribution is -2.18. The first kappa shape index (κ1) is 15.5. The van der Waals surface area contributed by atoms with Crippen molar-refractivity contribution < 1.29 is 9.53 Å². The molecule has 0 spiro atoms. The quantitative estimate of drug-likeness (QED) is 0.671. The van der Waals surface area contributed by atoms with Crippen molar-refractivity contribution in [3.05, 3.63) is 55.1 Å². The maximum absolute atomic E-state index is 12.4. The van der Waals surface area contributed by atoms with Crippen molar-refractivity contribution in [1.29, 1.82) is 0 Å². The van der Waals surface area contributed by atoms with Gasteiger partial charge in [-0.2, -0.15) is 0 Å². The Bertz CT molecular complexity index is 941. The number of ether oxygens (including phenoxy) is 1. The molecular weight excluding hydrogens is 344 g/mol. The zero-order valence-corrected chi connectivity index (χ0v) is 14.6. The van der Waals surface area contributed by atoms with Crippen molar-refractivity contribution in [1.82, 2.24) is 9.38 Å². The van der Waals surface area contributed by atoms with Crippen LogP contribution in [-0.2, 0) is 35.4 Å². The number of aryl methyl sites for hydroxylation is 2. The van der Waals surface area contributed by atoms with Crippen LogP contribution in [0.25, 0.3) is 4.96 Å². The fourth-order valence-corrected chi connectivity index (χ4v) is 4.90. The van der Waals surface area contributed by atoms with Gasteiger partial charge in [-0.25, -0.2) is 4.98 Å². The minimum atomic E-state index is -0.301. The average Bonchev–Trinajstić information content (AvgIpc) is 3.19. The van der Waals surface area contributed by atoms with E-state index < -0.39 is 0 Å². The highest BCUT2D eigenvalue weighted by Gasteiger charge is 2.18. The van der Waals surface area contributed by atoms with E-state index in [0.29, 0.717) is 10.7 Å². The first-order valence-corrected chi connectivity index (χ1v) is 9.61. The smallest absolute Gasteiger partial charge is 0.311 e. The summed E-state index contributed by atoms with van der Waals surface area (Å²) in [6.07, 6.45) is 4.50. The standard InChI is InChI=1S/C17H16N2O3S2/c20-15-8-11(10-22-16(21)9-12-4-3-7-23-12)18-17-19(15)13-5-1-2-6-14(13)24-17/h3-4,7-8H,1-2,5-6,9-10H2. The minimum Gasteiger partial charge on any atom is -0.459 e. The number of fused-ring (bicyclic) bond motifs is 3. The summed E-state index contributed by atoms with van der Waals surface area (Å²) in [5.74, 6) is -0.301. The number of carbonyl (C=O) groups is 1. The average molecular weight is 360 g/mol. The summed E-state index contributed by atoms with van der Waals surface area (Å²) in [6.45, 7) is 0.0402.